The number of rotatable bonds is 4. The van der Waals surface area contributed by atoms with Crippen molar-refractivity contribution in [1.82, 2.24) is 0 Å². The van der Waals surface area contributed by atoms with Gasteiger partial charge in [-0.15, -0.1) is 11.8 Å². The van der Waals surface area contributed by atoms with Crippen molar-refractivity contribution >= 4 is 49.1 Å². The predicted octanol–water partition coefficient (Wildman–Crippen LogP) is 3.55. The van der Waals surface area contributed by atoms with Gasteiger partial charge in [0, 0.05) is 15.1 Å². The lowest BCUT2D eigenvalue weighted by Crippen LogP contribution is -2.14. The minimum absolute atomic E-state index is 0.0645. The van der Waals surface area contributed by atoms with Gasteiger partial charge >= 0.3 is 0 Å². The monoisotopic (exact) mass is 372 g/mol. The Labute approximate surface area is 130 Å². The van der Waals surface area contributed by atoms with Gasteiger partial charge in [-0.2, -0.15) is 0 Å². The topological polar surface area (TPSA) is 72.2 Å². The van der Waals surface area contributed by atoms with Crippen LogP contribution >= 0.6 is 27.7 Å². The minimum atomic E-state index is -3.68. The zero-order valence-electron chi connectivity index (χ0n) is 10.6. The van der Waals surface area contributed by atoms with E-state index in [9.17, 15) is 8.42 Å². The van der Waals surface area contributed by atoms with Crippen LogP contribution < -0.4 is 10.5 Å². The molecule has 0 spiro atoms. The van der Waals surface area contributed by atoms with Crippen LogP contribution in [0, 0.1) is 0 Å². The summed E-state index contributed by atoms with van der Waals surface area (Å²) >= 11 is 4.84. The molecule has 20 heavy (non-hydrogen) atoms. The van der Waals surface area contributed by atoms with Gasteiger partial charge in [0.1, 0.15) is 4.90 Å². The summed E-state index contributed by atoms with van der Waals surface area (Å²) in [6.45, 7) is 0. The van der Waals surface area contributed by atoms with Gasteiger partial charge < -0.3 is 5.73 Å². The average molecular weight is 373 g/mol. The van der Waals surface area contributed by atoms with Crippen LogP contribution in [0.1, 0.15) is 0 Å². The maximum Gasteiger partial charge on any atom is 0.263 e. The SMILES string of the molecule is CSc1ccc(NS(=O)(=O)c2ccc(Br)cc2N)cc1. The Morgan fingerprint density at radius 2 is 1.80 bits per heavy atom. The van der Waals surface area contributed by atoms with E-state index in [2.05, 4.69) is 20.7 Å². The minimum Gasteiger partial charge on any atom is -0.398 e. The fourth-order valence-electron chi connectivity index (χ4n) is 1.63. The molecule has 0 aromatic heterocycles. The molecular weight excluding hydrogens is 360 g/mol. The predicted molar refractivity (Wildman–Crippen MR) is 87.6 cm³/mol. The molecule has 2 aromatic carbocycles. The summed E-state index contributed by atoms with van der Waals surface area (Å²) in [5.74, 6) is 0. The molecule has 4 nitrogen and oxygen atoms in total. The third kappa shape index (κ3) is 3.47. The molecule has 0 saturated carbocycles. The van der Waals surface area contributed by atoms with Crippen LogP contribution in [0.4, 0.5) is 11.4 Å². The van der Waals surface area contributed by atoms with Crippen molar-refractivity contribution in [2.45, 2.75) is 9.79 Å². The second-order valence-corrected chi connectivity index (χ2v) is 7.46. The van der Waals surface area contributed by atoms with E-state index < -0.39 is 10.0 Å². The van der Waals surface area contributed by atoms with Crippen molar-refractivity contribution < 1.29 is 8.42 Å². The highest BCUT2D eigenvalue weighted by Gasteiger charge is 2.17. The van der Waals surface area contributed by atoms with E-state index in [1.54, 1.807) is 36.0 Å². The zero-order chi connectivity index (χ0) is 14.8. The summed E-state index contributed by atoms with van der Waals surface area (Å²) in [5, 5.41) is 0. The number of hydrogen-bond donors (Lipinski definition) is 2. The van der Waals surface area contributed by atoms with Crippen LogP contribution in [0.2, 0.25) is 0 Å². The van der Waals surface area contributed by atoms with Gasteiger partial charge in [0.05, 0.1) is 5.69 Å². The van der Waals surface area contributed by atoms with Crippen LogP contribution in [0.25, 0.3) is 0 Å². The van der Waals surface area contributed by atoms with E-state index in [0.29, 0.717) is 5.69 Å². The Balaban J connectivity index is 2.30. The van der Waals surface area contributed by atoms with E-state index >= 15 is 0 Å². The summed E-state index contributed by atoms with van der Waals surface area (Å²) in [6, 6.07) is 11.8. The molecule has 0 aliphatic heterocycles. The number of sulfonamides is 1. The van der Waals surface area contributed by atoms with Gasteiger partial charge in [0.15, 0.2) is 0 Å². The Kier molecular flexibility index (Phi) is 4.62. The molecule has 106 valence electrons. The summed E-state index contributed by atoms with van der Waals surface area (Å²) in [7, 11) is -3.68. The van der Waals surface area contributed by atoms with Gasteiger partial charge in [-0.05, 0) is 48.7 Å². The number of hydrogen-bond acceptors (Lipinski definition) is 4. The quantitative estimate of drug-likeness (QED) is 0.635. The molecule has 0 aliphatic rings. The highest BCUT2D eigenvalue weighted by Crippen LogP contribution is 2.25. The molecule has 3 N–H and O–H groups in total. The number of nitrogen functional groups attached to an aromatic ring is 1. The summed E-state index contributed by atoms with van der Waals surface area (Å²) in [6.07, 6.45) is 1.96. The summed E-state index contributed by atoms with van der Waals surface area (Å²) < 4.78 is 27.8. The second kappa shape index (κ2) is 6.07. The van der Waals surface area contributed by atoms with E-state index in [-0.39, 0.29) is 10.6 Å². The Morgan fingerprint density at radius 1 is 1.15 bits per heavy atom. The number of nitrogens with one attached hydrogen (secondary N) is 1. The summed E-state index contributed by atoms with van der Waals surface area (Å²) in [5.41, 5.74) is 6.46. The van der Waals surface area contributed by atoms with Gasteiger partial charge in [0.2, 0.25) is 0 Å². The number of anilines is 2. The molecule has 7 heteroatoms. The molecule has 0 unspecified atom stereocenters. The zero-order valence-corrected chi connectivity index (χ0v) is 13.8. The highest BCUT2D eigenvalue weighted by atomic mass is 79.9. The first-order valence-electron chi connectivity index (χ1n) is 5.64. The van der Waals surface area contributed by atoms with Crippen molar-refractivity contribution in [2.24, 2.45) is 0 Å². The first-order valence-corrected chi connectivity index (χ1v) is 9.14. The normalized spacial score (nSPS) is 11.3. The van der Waals surface area contributed by atoms with E-state index in [1.165, 1.54) is 6.07 Å². The highest BCUT2D eigenvalue weighted by molar-refractivity contribution is 9.10. The molecule has 0 heterocycles. The van der Waals surface area contributed by atoms with Gasteiger partial charge in [-0.3, -0.25) is 4.72 Å². The smallest absolute Gasteiger partial charge is 0.263 e. The van der Waals surface area contributed by atoms with Gasteiger partial charge in [0.25, 0.3) is 10.0 Å². The lowest BCUT2D eigenvalue weighted by molar-refractivity contribution is 0.601. The fourth-order valence-corrected chi connectivity index (χ4v) is 3.59. The molecule has 0 saturated heterocycles. The van der Waals surface area contributed by atoms with Gasteiger partial charge in [-0.1, -0.05) is 15.9 Å². The fraction of sp³-hybridized carbons (Fsp3) is 0.0769. The van der Waals surface area contributed by atoms with Crippen molar-refractivity contribution in [2.75, 3.05) is 16.7 Å². The lowest BCUT2D eigenvalue weighted by Gasteiger charge is -2.10. The van der Waals surface area contributed by atoms with Crippen molar-refractivity contribution in [3.63, 3.8) is 0 Å². The largest absolute Gasteiger partial charge is 0.398 e. The average Bonchev–Trinajstić information content (AvgIpc) is 2.38. The van der Waals surface area contributed by atoms with E-state index in [1.807, 2.05) is 18.4 Å². The van der Waals surface area contributed by atoms with Crippen molar-refractivity contribution in [3.8, 4) is 0 Å². The number of thioether (sulfide) groups is 1. The lowest BCUT2D eigenvalue weighted by atomic mass is 10.3. The molecular formula is C13H13BrN2O2S2. The molecule has 0 fully saturated rings. The molecule has 0 aliphatic carbocycles. The van der Waals surface area contributed by atoms with E-state index in [4.69, 9.17) is 5.73 Å². The molecule has 2 rings (SSSR count). The third-order valence-corrected chi connectivity index (χ3v) is 5.30. The third-order valence-electron chi connectivity index (χ3n) is 2.60. The number of nitrogens with two attached hydrogens (primary N) is 1. The Hall–Kier alpha value is -1.18. The molecule has 0 amide bonds. The number of benzene rings is 2. The standard InChI is InChI=1S/C13H13BrN2O2S2/c1-19-11-5-3-10(4-6-11)16-20(17,18)13-7-2-9(14)8-12(13)15/h2-8,16H,15H2,1H3. The second-order valence-electron chi connectivity index (χ2n) is 4.02. The summed E-state index contributed by atoms with van der Waals surface area (Å²) in [4.78, 5) is 1.13. The van der Waals surface area contributed by atoms with Crippen LogP contribution in [-0.2, 0) is 10.0 Å². The maximum absolute atomic E-state index is 12.3. The molecule has 0 bridgehead atoms. The molecule has 0 radical (unpaired) electrons. The van der Waals surface area contributed by atoms with Crippen LogP contribution in [0.15, 0.2) is 56.7 Å². The first kappa shape index (κ1) is 15.2. The van der Waals surface area contributed by atoms with Crippen LogP contribution in [-0.4, -0.2) is 14.7 Å². The van der Waals surface area contributed by atoms with Crippen LogP contribution in [0.3, 0.4) is 0 Å². The van der Waals surface area contributed by atoms with Crippen molar-refractivity contribution in [1.29, 1.82) is 0 Å². The van der Waals surface area contributed by atoms with E-state index in [0.717, 1.165) is 9.37 Å². The Morgan fingerprint density at radius 3 is 2.35 bits per heavy atom. The maximum atomic E-state index is 12.3. The first-order chi connectivity index (χ1) is 9.42. The van der Waals surface area contributed by atoms with Gasteiger partial charge in [-0.25, -0.2) is 8.42 Å². The Bertz CT molecular complexity index is 716. The molecule has 2 aromatic rings. The molecule has 0 atom stereocenters. The number of halogens is 1. The van der Waals surface area contributed by atoms with Crippen LogP contribution in [0.5, 0.6) is 0 Å². The van der Waals surface area contributed by atoms with Crippen molar-refractivity contribution in [3.05, 3.63) is 46.9 Å².